The number of unbranched alkanes of at least 4 members (excludes halogenated alkanes) is 2. The van der Waals surface area contributed by atoms with E-state index in [-0.39, 0.29) is 5.56 Å². The van der Waals surface area contributed by atoms with Gasteiger partial charge in [0.05, 0.1) is 11.3 Å². The highest BCUT2D eigenvalue weighted by molar-refractivity contribution is 6.08. The van der Waals surface area contributed by atoms with Crippen molar-refractivity contribution in [2.45, 2.75) is 32.6 Å². The van der Waals surface area contributed by atoms with Crippen LogP contribution in [0.4, 0.5) is 5.69 Å². The first kappa shape index (κ1) is 19.7. The van der Waals surface area contributed by atoms with Gasteiger partial charge in [-0.05, 0) is 48.2 Å². The molecular formula is C25H23N2O3-. The molecule has 0 unspecified atom stereocenters. The number of nitrogen functional groups attached to an aromatic ring is 1. The van der Waals surface area contributed by atoms with E-state index in [1.807, 2.05) is 24.3 Å². The predicted molar refractivity (Wildman–Crippen MR) is 116 cm³/mol. The second-order valence-electron chi connectivity index (χ2n) is 7.53. The van der Waals surface area contributed by atoms with Crippen LogP contribution in [0.25, 0.3) is 33.4 Å². The van der Waals surface area contributed by atoms with Crippen LogP contribution in [0.1, 0.15) is 42.1 Å². The fourth-order valence-corrected chi connectivity index (χ4v) is 4.02. The Balaban J connectivity index is 2.06. The van der Waals surface area contributed by atoms with Crippen LogP contribution in [0.2, 0.25) is 0 Å². The number of carbonyl (C=O) groups is 1. The zero-order valence-corrected chi connectivity index (χ0v) is 16.8. The van der Waals surface area contributed by atoms with E-state index in [1.54, 1.807) is 30.3 Å². The van der Waals surface area contributed by atoms with Gasteiger partial charge in [-0.3, -0.25) is 0 Å². The van der Waals surface area contributed by atoms with E-state index >= 15 is 0 Å². The third kappa shape index (κ3) is 3.54. The minimum atomic E-state index is -1.19. The summed E-state index contributed by atoms with van der Waals surface area (Å²) in [6.45, 7) is 2.12. The van der Waals surface area contributed by atoms with Gasteiger partial charge in [0, 0.05) is 39.9 Å². The largest absolute Gasteiger partial charge is 0.545 e. The van der Waals surface area contributed by atoms with E-state index in [2.05, 4.69) is 6.92 Å². The smallest absolute Gasteiger partial charge is 0.137 e. The average molecular weight is 399 g/mol. The van der Waals surface area contributed by atoms with Crippen molar-refractivity contribution >= 4 is 22.6 Å². The number of rotatable bonds is 6. The number of aromatic carboxylic acids is 1. The lowest BCUT2D eigenvalue weighted by molar-refractivity contribution is -0.255. The van der Waals surface area contributed by atoms with Crippen LogP contribution in [0.5, 0.6) is 0 Å². The third-order valence-electron chi connectivity index (χ3n) is 5.42. The first-order valence-corrected chi connectivity index (χ1v) is 10.1. The Labute approximate surface area is 174 Å². The van der Waals surface area contributed by atoms with Gasteiger partial charge in [0.2, 0.25) is 0 Å². The summed E-state index contributed by atoms with van der Waals surface area (Å²) in [5, 5.41) is 21.3. The molecule has 2 aliphatic rings. The average Bonchev–Trinajstić information content (AvgIpc) is 2.71. The number of carboxylic acid groups (broad SMARTS) is 1. The monoisotopic (exact) mass is 399 g/mol. The van der Waals surface area contributed by atoms with Gasteiger partial charge in [-0.25, -0.2) is 0 Å². The summed E-state index contributed by atoms with van der Waals surface area (Å²) >= 11 is 0. The normalized spacial score (nSPS) is 11.2. The molecule has 0 saturated carbocycles. The summed E-state index contributed by atoms with van der Waals surface area (Å²) in [6.07, 6.45) is 3.71. The summed E-state index contributed by atoms with van der Waals surface area (Å²) in [6, 6.07) is 16.0. The molecule has 1 aliphatic heterocycles. The van der Waals surface area contributed by atoms with E-state index in [0.717, 1.165) is 41.3 Å². The predicted octanol–water partition coefficient (Wildman–Crippen LogP) is 4.36. The number of aryl methyl sites for hydroxylation is 1. The van der Waals surface area contributed by atoms with Crippen LogP contribution < -0.4 is 16.2 Å². The molecule has 0 amide bonds. The Morgan fingerprint density at radius 3 is 2.67 bits per heavy atom. The van der Waals surface area contributed by atoms with Crippen molar-refractivity contribution < 1.29 is 14.3 Å². The lowest BCUT2D eigenvalue weighted by atomic mass is 9.87. The molecular weight excluding hydrogens is 376 g/mol. The van der Waals surface area contributed by atoms with Crippen LogP contribution in [0.3, 0.4) is 0 Å². The van der Waals surface area contributed by atoms with E-state index in [1.165, 1.54) is 0 Å². The highest BCUT2D eigenvalue weighted by atomic mass is 16.4. The maximum Gasteiger partial charge on any atom is 0.137 e. The molecule has 4 rings (SSSR count). The maximum atomic E-state index is 12.2. The summed E-state index contributed by atoms with van der Waals surface area (Å²) in [7, 11) is 0. The summed E-state index contributed by atoms with van der Waals surface area (Å²) in [4.78, 5) is 12.2. The summed E-state index contributed by atoms with van der Waals surface area (Å²) in [5.74, 6) is -0.678. The van der Waals surface area contributed by atoms with E-state index < -0.39 is 5.97 Å². The standard InChI is InChI=1S/C25H24N2O3/c1-2-3-4-6-15-7-5-8-20(23(15)25(28)29)24-18-11-9-16(26)13-21(18)30-22-14-17(27)10-12-19(22)24/h5,7-14,26H,2-4,6,27H2,1H3,(H,28,29)/p-1. The Kier molecular flexibility index (Phi) is 5.27. The Morgan fingerprint density at radius 1 is 1.07 bits per heavy atom. The van der Waals surface area contributed by atoms with Crippen LogP contribution in [-0.4, -0.2) is 5.97 Å². The van der Waals surface area contributed by atoms with Crippen molar-refractivity contribution in [3.05, 3.63) is 71.1 Å². The number of hydrogen-bond donors (Lipinski definition) is 2. The van der Waals surface area contributed by atoms with Crippen molar-refractivity contribution in [1.82, 2.24) is 0 Å². The van der Waals surface area contributed by atoms with Crippen LogP contribution in [0, 0.1) is 5.41 Å². The molecule has 2 aromatic rings. The van der Waals surface area contributed by atoms with Gasteiger partial charge in [0.25, 0.3) is 0 Å². The van der Waals surface area contributed by atoms with Gasteiger partial charge >= 0.3 is 0 Å². The minimum Gasteiger partial charge on any atom is -0.545 e. The van der Waals surface area contributed by atoms with Gasteiger partial charge in [-0.2, -0.15) is 0 Å². The fourth-order valence-electron chi connectivity index (χ4n) is 4.02. The second kappa shape index (κ2) is 8.03. The second-order valence-corrected chi connectivity index (χ2v) is 7.53. The number of carboxylic acids is 1. The SMILES string of the molecule is CCCCCc1cccc(-c2c3ccc(=N)cc-3oc3cc(N)ccc23)c1C(=O)[O-]. The zero-order chi connectivity index (χ0) is 21.3. The molecule has 0 atom stereocenters. The first-order chi connectivity index (χ1) is 14.5. The molecule has 0 bridgehead atoms. The molecule has 152 valence electrons. The molecule has 1 aliphatic carbocycles. The lowest BCUT2D eigenvalue weighted by Crippen LogP contribution is -2.25. The number of anilines is 1. The van der Waals surface area contributed by atoms with E-state index in [9.17, 15) is 9.90 Å². The highest BCUT2D eigenvalue weighted by Crippen LogP contribution is 2.42. The Bertz CT molecular complexity index is 1270. The summed E-state index contributed by atoms with van der Waals surface area (Å²) < 4.78 is 6.02. The lowest BCUT2D eigenvalue weighted by Gasteiger charge is -2.20. The van der Waals surface area contributed by atoms with Gasteiger partial charge in [-0.15, -0.1) is 0 Å². The number of benzene rings is 3. The molecule has 0 saturated heterocycles. The van der Waals surface area contributed by atoms with Crippen LogP contribution >= 0.6 is 0 Å². The minimum absolute atomic E-state index is 0.217. The molecule has 0 radical (unpaired) electrons. The van der Waals surface area contributed by atoms with E-state index in [4.69, 9.17) is 15.6 Å². The molecule has 0 aromatic heterocycles. The molecule has 1 heterocycles. The zero-order valence-electron chi connectivity index (χ0n) is 16.8. The highest BCUT2D eigenvalue weighted by Gasteiger charge is 2.21. The fraction of sp³-hybridized carbons (Fsp3) is 0.200. The van der Waals surface area contributed by atoms with Crippen molar-refractivity contribution in [3.63, 3.8) is 0 Å². The topological polar surface area (TPSA) is 103 Å². The van der Waals surface area contributed by atoms with Gasteiger partial charge in [0.1, 0.15) is 11.3 Å². The van der Waals surface area contributed by atoms with Crippen molar-refractivity contribution in [3.8, 4) is 22.5 Å². The number of nitrogens with one attached hydrogen (secondary N) is 1. The molecule has 5 heteroatoms. The van der Waals surface area contributed by atoms with Crippen molar-refractivity contribution in [1.29, 1.82) is 5.41 Å². The summed E-state index contributed by atoms with van der Waals surface area (Å²) in [5.41, 5.74) is 10.1. The quantitative estimate of drug-likeness (QED) is 0.285. The van der Waals surface area contributed by atoms with Gasteiger partial charge in [-0.1, -0.05) is 38.0 Å². The number of hydrogen-bond acceptors (Lipinski definition) is 5. The Morgan fingerprint density at radius 2 is 1.90 bits per heavy atom. The number of fused-ring (bicyclic) bond motifs is 2. The van der Waals surface area contributed by atoms with Gasteiger partial charge < -0.3 is 25.5 Å². The van der Waals surface area contributed by atoms with E-state index in [0.29, 0.717) is 34.4 Å². The van der Waals surface area contributed by atoms with Crippen LogP contribution in [0.15, 0.2) is 59.0 Å². The number of carbonyl (C=O) groups excluding carboxylic acids is 1. The molecule has 0 spiro atoms. The number of nitrogens with two attached hydrogens (primary N) is 1. The first-order valence-electron chi connectivity index (χ1n) is 10.1. The van der Waals surface area contributed by atoms with Crippen molar-refractivity contribution in [2.75, 3.05) is 5.73 Å². The maximum absolute atomic E-state index is 12.2. The molecule has 2 aromatic carbocycles. The Hall–Kier alpha value is -3.60. The molecule has 0 fully saturated rings. The third-order valence-corrected chi connectivity index (χ3v) is 5.42. The molecule has 5 nitrogen and oxygen atoms in total. The van der Waals surface area contributed by atoms with Crippen LogP contribution in [-0.2, 0) is 6.42 Å². The molecule has 3 N–H and O–H groups in total. The molecule has 30 heavy (non-hydrogen) atoms. The van der Waals surface area contributed by atoms with Crippen molar-refractivity contribution in [2.24, 2.45) is 0 Å². The van der Waals surface area contributed by atoms with Gasteiger partial charge in [0.15, 0.2) is 0 Å².